The average molecular weight is 460 g/mol. The molecule has 1 aliphatic carbocycles. The van der Waals surface area contributed by atoms with Crippen molar-refractivity contribution in [2.75, 3.05) is 0 Å². The lowest BCUT2D eigenvalue weighted by Gasteiger charge is -2.33. The van der Waals surface area contributed by atoms with E-state index in [9.17, 15) is 10.1 Å². The van der Waals surface area contributed by atoms with E-state index >= 15 is 0 Å². The molecule has 0 aromatic heterocycles. The molecule has 0 amide bonds. The third-order valence-corrected chi connectivity index (χ3v) is 7.48. The first-order valence-electron chi connectivity index (χ1n) is 13.5. The Balaban J connectivity index is 1.87. The predicted octanol–water partition coefficient (Wildman–Crippen LogP) is 8.46. The maximum atomic E-state index is 13.5. The Kier molecular flexibility index (Phi) is 10.2. The molecule has 3 nitrogen and oxygen atoms in total. The standard InChI is InChI=1S/C31H41NO2/c1-4-7-8-14-24(13-5-2)26-15-9-10-16-27(26)28-17-11-12-18-29(28)31(33)34-30-20-19-23(6-3)21-25(30)22-32/h9-10,15-16,19-21,24,28-29H,4-8,11-14,17-18H2,1-3H3. The highest BCUT2D eigenvalue weighted by Crippen LogP contribution is 2.43. The van der Waals surface area contributed by atoms with Crippen molar-refractivity contribution in [1.82, 2.24) is 0 Å². The van der Waals surface area contributed by atoms with Crippen molar-refractivity contribution in [1.29, 1.82) is 5.26 Å². The van der Waals surface area contributed by atoms with Crippen LogP contribution < -0.4 is 4.74 Å². The number of nitriles is 1. The second-order valence-electron chi connectivity index (χ2n) is 9.82. The number of hydrogen-bond acceptors (Lipinski definition) is 3. The van der Waals surface area contributed by atoms with Crippen LogP contribution in [0.5, 0.6) is 5.75 Å². The molecule has 1 saturated carbocycles. The molecule has 1 aliphatic rings. The monoisotopic (exact) mass is 459 g/mol. The highest BCUT2D eigenvalue weighted by atomic mass is 16.5. The van der Waals surface area contributed by atoms with E-state index in [1.54, 1.807) is 6.07 Å². The van der Waals surface area contributed by atoms with Gasteiger partial charge in [0.1, 0.15) is 11.8 Å². The summed E-state index contributed by atoms with van der Waals surface area (Å²) in [6.07, 6.45) is 12.3. The summed E-state index contributed by atoms with van der Waals surface area (Å²) in [7, 11) is 0. The van der Waals surface area contributed by atoms with E-state index < -0.39 is 0 Å². The second-order valence-corrected chi connectivity index (χ2v) is 9.82. The molecule has 2 aromatic carbocycles. The highest BCUT2D eigenvalue weighted by Gasteiger charge is 2.35. The molecule has 0 aliphatic heterocycles. The van der Waals surface area contributed by atoms with E-state index in [1.165, 1.54) is 49.7 Å². The minimum absolute atomic E-state index is 0.162. The number of nitrogens with zero attached hydrogens (tertiary/aromatic N) is 1. The zero-order chi connectivity index (χ0) is 24.3. The second kappa shape index (κ2) is 13.3. The number of hydrogen-bond donors (Lipinski definition) is 0. The molecule has 0 bridgehead atoms. The summed E-state index contributed by atoms with van der Waals surface area (Å²) in [4.78, 5) is 13.5. The molecule has 1 fully saturated rings. The first-order valence-corrected chi connectivity index (χ1v) is 13.5. The van der Waals surface area contributed by atoms with Crippen molar-refractivity contribution in [2.45, 2.75) is 103 Å². The summed E-state index contributed by atoms with van der Waals surface area (Å²) in [5, 5.41) is 9.59. The summed E-state index contributed by atoms with van der Waals surface area (Å²) in [5.74, 6) is 0.788. The number of carbonyl (C=O) groups is 1. The molecule has 0 N–H and O–H groups in total. The zero-order valence-corrected chi connectivity index (χ0v) is 21.3. The van der Waals surface area contributed by atoms with Gasteiger partial charge >= 0.3 is 5.97 Å². The Hall–Kier alpha value is -2.60. The summed E-state index contributed by atoms with van der Waals surface area (Å²) >= 11 is 0. The van der Waals surface area contributed by atoms with Crippen LogP contribution in [-0.4, -0.2) is 5.97 Å². The number of carbonyl (C=O) groups excluding carboxylic acids is 1. The SMILES string of the molecule is CCCCCC(CCC)c1ccccc1C1CCCCC1C(=O)Oc1ccc(CC)cc1C#N. The summed E-state index contributed by atoms with van der Waals surface area (Å²) in [6.45, 7) is 6.58. The average Bonchev–Trinajstić information content (AvgIpc) is 2.88. The lowest BCUT2D eigenvalue weighted by molar-refractivity contribution is -0.140. The van der Waals surface area contributed by atoms with Crippen LogP contribution in [0.4, 0.5) is 0 Å². The normalized spacial score (nSPS) is 18.8. The minimum atomic E-state index is -0.182. The Morgan fingerprint density at radius 1 is 1.03 bits per heavy atom. The summed E-state index contributed by atoms with van der Waals surface area (Å²) in [5.41, 5.74) is 4.31. The quantitative estimate of drug-likeness (QED) is 0.192. The van der Waals surface area contributed by atoms with Crippen molar-refractivity contribution >= 4 is 5.97 Å². The van der Waals surface area contributed by atoms with Crippen LogP contribution in [0.1, 0.15) is 119 Å². The van der Waals surface area contributed by atoms with E-state index in [4.69, 9.17) is 4.74 Å². The molecule has 3 heteroatoms. The zero-order valence-electron chi connectivity index (χ0n) is 21.3. The maximum Gasteiger partial charge on any atom is 0.314 e. The van der Waals surface area contributed by atoms with Gasteiger partial charge in [-0.05, 0) is 72.8 Å². The number of esters is 1. The molecule has 182 valence electrons. The predicted molar refractivity (Wildman–Crippen MR) is 139 cm³/mol. The van der Waals surface area contributed by atoms with Gasteiger partial charge in [-0.1, -0.05) is 89.6 Å². The minimum Gasteiger partial charge on any atom is -0.425 e. The number of aryl methyl sites for hydroxylation is 1. The molecular weight excluding hydrogens is 418 g/mol. The van der Waals surface area contributed by atoms with E-state index in [-0.39, 0.29) is 17.8 Å². The van der Waals surface area contributed by atoms with Gasteiger partial charge in [0.2, 0.25) is 0 Å². The van der Waals surface area contributed by atoms with Crippen LogP contribution >= 0.6 is 0 Å². The smallest absolute Gasteiger partial charge is 0.314 e. The molecule has 3 atom stereocenters. The van der Waals surface area contributed by atoms with Crippen LogP contribution in [0.3, 0.4) is 0 Å². The van der Waals surface area contributed by atoms with Gasteiger partial charge in [-0.3, -0.25) is 4.79 Å². The molecule has 2 aromatic rings. The van der Waals surface area contributed by atoms with E-state index in [0.717, 1.165) is 37.7 Å². The lowest BCUT2D eigenvalue weighted by Crippen LogP contribution is -2.30. The van der Waals surface area contributed by atoms with Gasteiger partial charge in [0.15, 0.2) is 0 Å². The molecule has 0 heterocycles. The molecule has 0 radical (unpaired) electrons. The molecular formula is C31H41NO2. The van der Waals surface area contributed by atoms with Gasteiger partial charge in [0, 0.05) is 0 Å². The lowest BCUT2D eigenvalue weighted by atomic mass is 9.72. The van der Waals surface area contributed by atoms with E-state index in [1.807, 2.05) is 12.1 Å². The van der Waals surface area contributed by atoms with Gasteiger partial charge in [0.25, 0.3) is 0 Å². The number of unbranched alkanes of at least 4 members (excludes halogenated alkanes) is 2. The van der Waals surface area contributed by atoms with Gasteiger partial charge in [-0.15, -0.1) is 0 Å². The summed E-state index contributed by atoms with van der Waals surface area (Å²) in [6, 6.07) is 16.6. The Morgan fingerprint density at radius 3 is 2.56 bits per heavy atom. The van der Waals surface area contributed by atoms with Gasteiger partial charge in [0.05, 0.1) is 11.5 Å². The van der Waals surface area contributed by atoms with Crippen LogP contribution in [0.2, 0.25) is 0 Å². The van der Waals surface area contributed by atoms with Crippen molar-refractivity contribution in [2.24, 2.45) is 5.92 Å². The third-order valence-electron chi connectivity index (χ3n) is 7.48. The first-order chi connectivity index (χ1) is 16.6. The maximum absolute atomic E-state index is 13.5. The fraction of sp³-hybridized carbons (Fsp3) is 0.548. The number of rotatable bonds is 11. The van der Waals surface area contributed by atoms with Crippen LogP contribution in [0.15, 0.2) is 42.5 Å². The largest absolute Gasteiger partial charge is 0.425 e. The topological polar surface area (TPSA) is 50.1 Å². The van der Waals surface area contributed by atoms with Crippen molar-refractivity contribution in [3.8, 4) is 11.8 Å². The molecule has 0 saturated heterocycles. The van der Waals surface area contributed by atoms with Crippen LogP contribution in [0, 0.1) is 17.2 Å². The first kappa shape index (κ1) is 26.0. The van der Waals surface area contributed by atoms with Gasteiger partial charge < -0.3 is 4.74 Å². The number of benzene rings is 2. The molecule has 0 spiro atoms. The Morgan fingerprint density at radius 2 is 1.82 bits per heavy atom. The van der Waals surface area contributed by atoms with Crippen molar-refractivity contribution < 1.29 is 9.53 Å². The Bertz CT molecular complexity index is 974. The summed E-state index contributed by atoms with van der Waals surface area (Å²) < 4.78 is 5.89. The number of ether oxygens (including phenoxy) is 1. The fourth-order valence-corrected chi connectivity index (χ4v) is 5.61. The van der Waals surface area contributed by atoms with Crippen LogP contribution in [-0.2, 0) is 11.2 Å². The Labute approximate surface area is 206 Å². The molecule has 3 rings (SSSR count). The van der Waals surface area contributed by atoms with Gasteiger partial charge in [-0.2, -0.15) is 5.26 Å². The molecule has 3 unspecified atom stereocenters. The van der Waals surface area contributed by atoms with E-state index in [2.05, 4.69) is 51.1 Å². The fourth-order valence-electron chi connectivity index (χ4n) is 5.61. The van der Waals surface area contributed by atoms with Gasteiger partial charge in [-0.25, -0.2) is 0 Å². The highest BCUT2D eigenvalue weighted by molar-refractivity contribution is 5.77. The molecule has 34 heavy (non-hydrogen) atoms. The van der Waals surface area contributed by atoms with Crippen LogP contribution in [0.25, 0.3) is 0 Å². The van der Waals surface area contributed by atoms with Crippen molar-refractivity contribution in [3.63, 3.8) is 0 Å². The van der Waals surface area contributed by atoms with Crippen molar-refractivity contribution in [3.05, 3.63) is 64.7 Å². The van der Waals surface area contributed by atoms with E-state index in [0.29, 0.717) is 17.2 Å². The third kappa shape index (κ3) is 6.50.